The third kappa shape index (κ3) is 2.89. The maximum atomic E-state index is 12.2. The van der Waals surface area contributed by atoms with Crippen LogP contribution in [0.3, 0.4) is 0 Å². The molecule has 1 aliphatic rings. The summed E-state index contributed by atoms with van der Waals surface area (Å²) in [7, 11) is 1.34. The van der Waals surface area contributed by atoms with E-state index in [1.54, 1.807) is 0 Å². The van der Waals surface area contributed by atoms with Gasteiger partial charge in [0.25, 0.3) is 0 Å². The number of thiophene rings is 1. The van der Waals surface area contributed by atoms with E-state index in [0.29, 0.717) is 10.6 Å². The van der Waals surface area contributed by atoms with Crippen LogP contribution in [0.1, 0.15) is 33.6 Å². The average Bonchev–Trinajstić information content (AvgIpc) is 2.92. The highest BCUT2D eigenvalue weighted by molar-refractivity contribution is 7.16. The number of ether oxygens (including phenoxy) is 1. The van der Waals surface area contributed by atoms with Gasteiger partial charge in [-0.2, -0.15) is 0 Å². The van der Waals surface area contributed by atoms with Crippen molar-refractivity contribution in [1.82, 2.24) is 4.98 Å². The number of aryl methyl sites for hydroxylation is 1. The molecule has 0 bridgehead atoms. The summed E-state index contributed by atoms with van der Waals surface area (Å²) >= 11 is 1.45. The Bertz CT molecular complexity index is 772. The second-order valence-electron chi connectivity index (χ2n) is 5.16. The van der Waals surface area contributed by atoms with E-state index in [9.17, 15) is 14.9 Å². The number of aromatic nitrogens is 1. The molecule has 0 spiro atoms. The van der Waals surface area contributed by atoms with E-state index >= 15 is 0 Å². The predicted molar refractivity (Wildman–Crippen MR) is 86.5 cm³/mol. The summed E-state index contributed by atoms with van der Waals surface area (Å²) in [4.78, 5) is 28.0. The maximum absolute atomic E-state index is 12.2. The van der Waals surface area contributed by atoms with Crippen LogP contribution >= 0.6 is 11.3 Å². The fraction of sp³-hybridized carbons (Fsp3) is 0.333. The molecule has 0 atom stereocenters. The van der Waals surface area contributed by atoms with Gasteiger partial charge in [0, 0.05) is 17.1 Å². The molecule has 0 aliphatic heterocycles. The first-order valence-electron chi connectivity index (χ1n) is 7.21. The van der Waals surface area contributed by atoms with E-state index in [1.165, 1.54) is 36.8 Å². The van der Waals surface area contributed by atoms with E-state index < -0.39 is 10.9 Å². The number of hydrogen-bond acceptors (Lipinski definition) is 7. The number of fused-ring (bicyclic) bond motifs is 1. The van der Waals surface area contributed by atoms with E-state index in [-0.39, 0.29) is 11.5 Å². The molecule has 120 valence electrons. The number of carbonyl (C=O) groups excluding carboxylic acids is 1. The number of anilines is 2. The van der Waals surface area contributed by atoms with Crippen LogP contribution < -0.4 is 5.32 Å². The number of carbonyl (C=O) groups is 1. The molecule has 3 rings (SSSR count). The fourth-order valence-electron chi connectivity index (χ4n) is 2.72. The zero-order chi connectivity index (χ0) is 16.4. The van der Waals surface area contributed by atoms with E-state index in [4.69, 9.17) is 4.74 Å². The molecule has 0 amide bonds. The minimum atomic E-state index is -0.499. The first kappa shape index (κ1) is 15.4. The Morgan fingerprint density at radius 1 is 1.43 bits per heavy atom. The third-order valence-corrected chi connectivity index (χ3v) is 4.98. The molecule has 1 N–H and O–H groups in total. The van der Waals surface area contributed by atoms with Gasteiger partial charge < -0.3 is 10.1 Å². The third-order valence-electron chi connectivity index (χ3n) is 3.78. The minimum Gasteiger partial charge on any atom is -0.465 e. The number of methoxy groups -OCH3 is 1. The Morgan fingerprint density at radius 2 is 2.22 bits per heavy atom. The lowest BCUT2D eigenvalue weighted by Crippen LogP contribution is -2.09. The second-order valence-corrected chi connectivity index (χ2v) is 6.27. The van der Waals surface area contributed by atoms with Gasteiger partial charge >= 0.3 is 11.7 Å². The molecule has 0 radical (unpaired) electrons. The lowest BCUT2D eigenvalue weighted by Gasteiger charge is -2.11. The molecule has 0 saturated heterocycles. The average molecular weight is 333 g/mol. The minimum absolute atomic E-state index is 0.126. The molecular weight excluding hydrogens is 318 g/mol. The van der Waals surface area contributed by atoms with Gasteiger partial charge in [0.15, 0.2) is 0 Å². The Balaban J connectivity index is 2.05. The highest BCUT2D eigenvalue weighted by Gasteiger charge is 2.27. The molecule has 7 nitrogen and oxygen atoms in total. The largest absolute Gasteiger partial charge is 0.465 e. The van der Waals surface area contributed by atoms with Crippen LogP contribution in [0.4, 0.5) is 16.5 Å². The van der Waals surface area contributed by atoms with Crippen molar-refractivity contribution in [3.8, 4) is 0 Å². The molecule has 8 heteroatoms. The van der Waals surface area contributed by atoms with Gasteiger partial charge in [-0.25, -0.2) is 9.78 Å². The second kappa shape index (κ2) is 6.33. The SMILES string of the molecule is COC(=O)c1c(Nc2ncccc2[N+](=O)[O-])sc2c1CCCC2. The molecule has 2 aromatic heterocycles. The first-order valence-corrected chi connectivity index (χ1v) is 8.02. The molecule has 2 aromatic rings. The first-order chi connectivity index (χ1) is 11.1. The summed E-state index contributed by atoms with van der Waals surface area (Å²) in [6.07, 6.45) is 5.31. The summed E-state index contributed by atoms with van der Waals surface area (Å²) < 4.78 is 4.89. The molecule has 0 fully saturated rings. The van der Waals surface area contributed by atoms with Crippen molar-refractivity contribution in [3.63, 3.8) is 0 Å². The van der Waals surface area contributed by atoms with Crippen LogP contribution in [-0.2, 0) is 17.6 Å². The number of hydrogen-bond donors (Lipinski definition) is 1. The van der Waals surface area contributed by atoms with Gasteiger partial charge in [-0.15, -0.1) is 11.3 Å². The normalized spacial score (nSPS) is 13.3. The van der Waals surface area contributed by atoms with E-state index in [2.05, 4.69) is 10.3 Å². The van der Waals surface area contributed by atoms with E-state index in [1.807, 2.05) is 0 Å². The molecule has 0 saturated carbocycles. The molecule has 2 heterocycles. The molecule has 1 aliphatic carbocycles. The fourth-order valence-corrected chi connectivity index (χ4v) is 4.00. The van der Waals surface area contributed by atoms with Crippen molar-refractivity contribution in [2.45, 2.75) is 25.7 Å². The number of esters is 1. The van der Waals surface area contributed by atoms with Crippen molar-refractivity contribution >= 4 is 33.8 Å². The quantitative estimate of drug-likeness (QED) is 0.523. The monoisotopic (exact) mass is 333 g/mol. The lowest BCUT2D eigenvalue weighted by atomic mass is 9.95. The van der Waals surface area contributed by atoms with Crippen molar-refractivity contribution < 1.29 is 14.5 Å². The Labute approximate surface area is 136 Å². The molecule has 23 heavy (non-hydrogen) atoms. The van der Waals surface area contributed by atoms with Crippen LogP contribution in [0, 0.1) is 10.1 Å². The van der Waals surface area contributed by atoms with Crippen molar-refractivity contribution in [1.29, 1.82) is 0 Å². The van der Waals surface area contributed by atoms with Gasteiger partial charge in [-0.05, 0) is 37.3 Å². The summed E-state index contributed by atoms with van der Waals surface area (Å²) in [6, 6.07) is 2.88. The number of pyridine rings is 1. The summed E-state index contributed by atoms with van der Waals surface area (Å²) in [6.45, 7) is 0. The Hall–Kier alpha value is -2.48. The Morgan fingerprint density at radius 3 is 2.96 bits per heavy atom. The smallest absolute Gasteiger partial charge is 0.341 e. The van der Waals surface area contributed by atoms with E-state index in [0.717, 1.165) is 36.1 Å². The highest BCUT2D eigenvalue weighted by Crippen LogP contribution is 2.40. The lowest BCUT2D eigenvalue weighted by molar-refractivity contribution is -0.384. The zero-order valence-electron chi connectivity index (χ0n) is 12.5. The van der Waals surface area contributed by atoms with Crippen molar-refractivity contribution in [2.24, 2.45) is 0 Å². The summed E-state index contributed by atoms with van der Waals surface area (Å²) in [5.74, 6) is -0.299. The van der Waals surface area contributed by atoms with Crippen molar-refractivity contribution in [2.75, 3.05) is 12.4 Å². The molecular formula is C15H15N3O4S. The predicted octanol–water partition coefficient (Wildman–Crippen LogP) is 3.46. The maximum Gasteiger partial charge on any atom is 0.341 e. The van der Waals surface area contributed by atoms with Crippen LogP contribution in [0.25, 0.3) is 0 Å². The summed E-state index contributed by atoms with van der Waals surface area (Å²) in [5.41, 5.74) is 1.34. The zero-order valence-corrected chi connectivity index (χ0v) is 13.3. The number of nitro groups is 1. The van der Waals surface area contributed by atoms with Gasteiger partial charge in [0.05, 0.1) is 17.6 Å². The highest BCUT2D eigenvalue weighted by atomic mass is 32.1. The standard InChI is InChI=1S/C15H15N3O4S/c1-22-15(19)12-9-5-2-3-7-11(9)23-14(12)17-13-10(18(20)21)6-4-8-16-13/h4,6,8H,2-3,5,7H2,1H3,(H,16,17). The number of rotatable bonds is 4. The van der Waals surface area contributed by atoms with Crippen LogP contribution in [0.2, 0.25) is 0 Å². The van der Waals surface area contributed by atoms with Crippen LogP contribution in [-0.4, -0.2) is 23.0 Å². The van der Waals surface area contributed by atoms with Crippen LogP contribution in [0.5, 0.6) is 0 Å². The number of nitrogens with zero attached hydrogens (tertiary/aromatic N) is 2. The van der Waals surface area contributed by atoms with Gasteiger partial charge in [-0.1, -0.05) is 0 Å². The summed E-state index contributed by atoms with van der Waals surface area (Å²) in [5, 5.41) is 14.6. The number of nitrogens with one attached hydrogen (secondary N) is 1. The Kier molecular flexibility index (Phi) is 4.24. The molecule has 0 aromatic carbocycles. The van der Waals surface area contributed by atoms with Gasteiger partial charge in [-0.3, -0.25) is 10.1 Å². The van der Waals surface area contributed by atoms with Gasteiger partial charge in [0.1, 0.15) is 5.00 Å². The van der Waals surface area contributed by atoms with Crippen molar-refractivity contribution in [3.05, 3.63) is 44.4 Å². The van der Waals surface area contributed by atoms with Crippen LogP contribution in [0.15, 0.2) is 18.3 Å². The van der Waals surface area contributed by atoms with Gasteiger partial charge in [0.2, 0.25) is 5.82 Å². The topological polar surface area (TPSA) is 94.4 Å². The molecule has 0 unspecified atom stereocenters.